The number of nitrogens with zero attached hydrogens (tertiary/aromatic N) is 1. The summed E-state index contributed by atoms with van der Waals surface area (Å²) in [5.74, 6) is 0. The van der Waals surface area contributed by atoms with Crippen molar-refractivity contribution < 1.29 is 8.76 Å². The molecule has 1 aromatic carbocycles. The van der Waals surface area contributed by atoms with Crippen LogP contribution in [0.3, 0.4) is 0 Å². The van der Waals surface area contributed by atoms with Crippen LogP contribution in [0.1, 0.15) is 0 Å². The van der Waals surface area contributed by atoms with Crippen molar-refractivity contribution in [3.05, 3.63) is 24.3 Å². The fourth-order valence-electron chi connectivity index (χ4n) is 0.923. The number of anilines is 1. The smallest absolute Gasteiger partial charge is 0.363 e. The van der Waals surface area contributed by atoms with Gasteiger partial charge in [-0.25, -0.2) is 0 Å². The number of quaternary nitrogens is 1. The monoisotopic (exact) mass is 201 g/mol. The highest BCUT2D eigenvalue weighted by atomic mass is 32.2. The van der Waals surface area contributed by atoms with Gasteiger partial charge in [-0.1, -0.05) is 0 Å². The molecule has 0 radical (unpaired) electrons. The Bertz CT molecular complexity index is 321. The highest BCUT2D eigenvalue weighted by Gasteiger charge is 2.25. The minimum absolute atomic E-state index is 0.0831. The molecule has 1 rings (SSSR count). The zero-order valence-corrected chi connectivity index (χ0v) is 8.41. The molecule has 0 bridgehead atoms. The Morgan fingerprint density at radius 1 is 1.31 bits per heavy atom. The fraction of sp³-hybridized carbons (Fsp3) is 0.250. The molecule has 0 aliphatic heterocycles. The van der Waals surface area contributed by atoms with Crippen molar-refractivity contribution in [3.8, 4) is 0 Å². The van der Waals surface area contributed by atoms with Crippen LogP contribution in [-0.2, 0) is 11.3 Å². The normalized spacial score (nSPS) is 14.1. The van der Waals surface area contributed by atoms with Crippen LogP contribution in [0.25, 0.3) is 0 Å². The molecule has 0 aliphatic carbocycles. The fourth-order valence-corrected chi connectivity index (χ4v) is 1.23. The number of benzene rings is 1. The molecule has 0 aromatic heterocycles. The van der Waals surface area contributed by atoms with Crippen LogP contribution >= 0.6 is 0 Å². The molecule has 13 heavy (non-hydrogen) atoms. The molecular formula is C8H13N2O2S+. The van der Waals surface area contributed by atoms with Gasteiger partial charge in [0.2, 0.25) is 0 Å². The van der Waals surface area contributed by atoms with E-state index in [1.807, 2.05) is 0 Å². The number of nitrogen functional groups attached to an aromatic ring is 1. The minimum Gasteiger partial charge on any atom is -0.399 e. The summed E-state index contributed by atoms with van der Waals surface area (Å²) in [5, 5.41) is 0. The molecule has 0 amide bonds. The summed E-state index contributed by atoms with van der Waals surface area (Å²) < 4.78 is 19.9. The molecule has 0 spiro atoms. The topological polar surface area (TPSA) is 63.3 Å². The van der Waals surface area contributed by atoms with Crippen LogP contribution in [0.15, 0.2) is 24.3 Å². The summed E-state index contributed by atoms with van der Waals surface area (Å²) in [6.07, 6.45) is 0. The molecule has 3 N–H and O–H groups in total. The molecule has 72 valence electrons. The summed E-state index contributed by atoms with van der Waals surface area (Å²) in [4.78, 5) is 0. The Morgan fingerprint density at radius 2 is 1.77 bits per heavy atom. The van der Waals surface area contributed by atoms with Crippen molar-refractivity contribution in [3.63, 3.8) is 0 Å². The highest BCUT2D eigenvalue weighted by Crippen LogP contribution is 2.21. The molecule has 1 unspecified atom stereocenters. The van der Waals surface area contributed by atoms with Gasteiger partial charge in [0.15, 0.2) is 0 Å². The van der Waals surface area contributed by atoms with Gasteiger partial charge >= 0.3 is 11.3 Å². The van der Waals surface area contributed by atoms with E-state index in [0.29, 0.717) is 5.69 Å². The van der Waals surface area contributed by atoms with Crippen molar-refractivity contribution in [1.29, 1.82) is 0 Å². The third kappa shape index (κ3) is 2.06. The lowest BCUT2D eigenvalue weighted by molar-refractivity contribution is 0.484. The first kappa shape index (κ1) is 10.2. The van der Waals surface area contributed by atoms with Gasteiger partial charge in [-0.05, 0) is 12.1 Å². The van der Waals surface area contributed by atoms with Crippen LogP contribution in [0, 0.1) is 0 Å². The molecule has 1 atom stereocenters. The standard InChI is InChI=1S/C8H12N2O2S/c1-10(2,13(11)12)8-5-3-7(9)4-6-8/h3-6H,9H2,1-2H3/p+1. The lowest BCUT2D eigenvalue weighted by Gasteiger charge is -2.22. The van der Waals surface area contributed by atoms with E-state index in [1.165, 1.54) is 0 Å². The lowest BCUT2D eigenvalue weighted by Crippen LogP contribution is -2.41. The van der Waals surface area contributed by atoms with E-state index in [1.54, 1.807) is 38.4 Å². The Labute approximate surface area is 80.0 Å². The Kier molecular flexibility index (Phi) is 2.70. The zero-order valence-electron chi connectivity index (χ0n) is 7.60. The Morgan fingerprint density at radius 3 is 2.15 bits per heavy atom. The predicted octanol–water partition coefficient (Wildman–Crippen LogP) is 0.972. The number of nitrogens with two attached hydrogens (primary N) is 1. The van der Waals surface area contributed by atoms with E-state index >= 15 is 0 Å². The minimum atomic E-state index is -1.94. The van der Waals surface area contributed by atoms with Crippen molar-refractivity contribution in [2.75, 3.05) is 19.8 Å². The van der Waals surface area contributed by atoms with Crippen LogP contribution in [0.4, 0.5) is 11.4 Å². The van der Waals surface area contributed by atoms with Crippen molar-refractivity contribution in [1.82, 2.24) is 3.89 Å². The highest BCUT2D eigenvalue weighted by molar-refractivity contribution is 7.78. The molecule has 1 aromatic rings. The molecular weight excluding hydrogens is 188 g/mol. The maximum atomic E-state index is 11.0. The number of hydrogen-bond acceptors (Lipinski definition) is 2. The van der Waals surface area contributed by atoms with Crippen molar-refractivity contribution in [2.45, 2.75) is 0 Å². The second kappa shape index (κ2) is 3.45. The first-order chi connectivity index (χ1) is 5.94. The molecule has 0 fully saturated rings. The third-order valence-corrected chi connectivity index (χ3v) is 2.90. The van der Waals surface area contributed by atoms with E-state index in [9.17, 15) is 4.21 Å². The van der Waals surface area contributed by atoms with Gasteiger partial charge in [-0.3, -0.25) is 4.55 Å². The number of rotatable bonds is 2. The Balaban J connectivity index is 3.08. The van der Waals surface area contributed by atoms with Crippen LogP contribution in [0.5, 0.6) is 0 Å². The molecule has 0 aliphatic rings. The van der Waals surface area contributed by atoms with Crippen molar-refractivity contribution in [2.24, 2.45) is 0 Å². The SMILES string of the molecule is C[N+](C)(c1ccc(N)cc1)S(=O)O. The molecule has 0 saturated heterocycles. The van der Waals surface area contributed by atoms with Gasteiger partial charge < -0.3 is 5.73 Å². The summed E-state index contributed by atoms with van der Waals surface area (Å²) in [5.41, 5.74) is 6.89. The van der Waals surface area contributed by atoms with Crippen LogP contribution in [-0.4, -0.2) is 22.9 Å². The largest absolute Gasteiger partial charge is 0.399 e. The molecule has 0 heterocycles. The predicted molar refractivity (Wildman–Crippen MR) is 55.3 cm³/mol. The average molecular weight is 201 g/mol. The van der Waals surface area contributed by atoms with E-state index in [0.717, 1.165) is 5.69 Å². The van der Waals surface area contributed by atoms with Gasteiger partial charge in [0.05, 0.1) is 14.1 Å². The van der Waals surface area contributed by atoms with Crippen molar-refractivity contribution >= 4 is 22.6 Å². The Hall–Kier alpha value is -0.910. The third-order valence-electron chi connectivity index (χ3n) is 1.91. The van der Waals surface area contributed by atoms with E-state index in [-0.39, 0.29) is 3.89 Å². The average Bonchev–Trinajstić information content (AvgIpc) is 2.04. The van der Waals surface area contributed by atoms with Gasteiger partial charge in [0.1, 0.15) is 5.69 Å². The maximum absolute atomic E-state index is 11.0. The van der Waals surface area contributed by atoms with Gasteiger partial charge in [0.25, 0.3) is 0 Å². The first-order valence-electron chi connectivity index (χ1n) is 3.76. The molecule has 0 saturated carbocycles. The van der Waals surface area contributed by atoms with Gasteiger partial charge in [-0.2, -0.15) is 8.10 Å². The van der Waals surface area contributed by atoms with Crippen LogP contribution < -0.4 is 9.62 Å². The maximum Gasteiger partial charge on any atom is 0.363 e. The summed E-state index contributed by atoms with van der Waals surface area (Å²) in [7, 11) is 3.31. The quantitative estimate of drug-likeness (QED) is 0.426. The van der Waals surface area contributed by atoms with Gasteiger partial charge in [-0.15, -0.1) is 0 Å². The van der Waals surface area contributed by atoms with E-state index in [2.05, 4.69) is 0 Å². The lowest BCUT2D eigenvalue weighted by atomic mass is 10.3. The van der Waals surface area contributed by atoms with Crippen LogP contribution in [0.2, 0.25) is 0 Å². The first-order valence-corrected chi connectivity index (χ1v) is 4.82. The second-order valence-corrected chi connectivity index (χ2v) is 4.55. The van der Waals surface area contributed by atoms with E-state index < -0.39 is 11.3 Å². The summed E-state index contributed by atoms with van der Waals surface area (Å²) in [6, 6.07) is 6.90. The molecule has 4 nitrogen and oxygen atoms in total. The summed E-state index contributed by atoms with van der Waals surface area (Å²) in [6.45, 7) is 0. The zero-order chi connectivity index (χ0) is 10.1. The summed E-state index contributed by atoms with van der Waals surface area (Å²) >= 11 is -1.94. The number of hydrogen-bond donors (Lipinski definition) is 2. The second-order valence-electron chi connectivity index (χ2n) is 3.17. The van der Waals surface area contributed by atoms with Gasteiger partial charge in [0, 0.05) is 17.8 Å². The molecule has 5 heteroatoms. The van der Waals surface area contributed by atoms with E-state index in [4.69, 9.17) is 10.3 Å².